The Bertz CT molecular complexity index is 824. The van der Waals surface area contributed by atoms with Crippen LogP contribution in [-0.4, -0.2) is 40.7 Å². The molecule has 0 spiro atoms. The molecule has 3 atom stereocenters. The third-order valence-electron chi connectivity index (χ3n) is 4.90. The van der Waals surface area contributed by atoms with Gasteiger partial charge in [-0.1, -0.05) is 60.7 Å². The Kier molecular flexibility index (Phi) is 8.20. The first kappa shape index (κ1) is 21.9. The molecule has 2 aromatic carbocycles. The average molecular weight is 419 g/mol. The van der Waals surface area contributed by atoms with Gasteiger partial charge in [-0.25, -0.2) is 13.1 Å². The van der Waals surface area contributed by atoms with Crippen molar-refractivity contribution < 1.29 is 17.9 Å². The summed E-state index contributed by atoms with van der Waals surface area (Å²) in [7, 11) is -3.41. The van der Waals surface area contributed by atoms with Crippen LogP contribution in [0.5, 0.6) is 0 Å². The summed E-state index contributed by atoms with van der Waals surface area (Å²) in [5.74, 6) is 0. The number of benzene rings is 2. The van der Waals surface area contributed by atoms with E-state index in [0.717, 1.165) is 37.0 Å². The molecule has 1 aliphatic rings. The zero-order chi connectivity index (χ0) is 20.5. The Morgan fingerprint density at radius 3 is 2.17 bits per heavy atom. The zero-order valence-electron chi connectivity index (χ0n) is 16.8. The summed E-state index contributed by atoms with van der Waals surface area (Å²) in [6.07, 6.45) is 4.18. The molecule has 0 radical (unpaired) electrons. The fraction of sp³-hybridized carbons (Fsp3) is 0.455. The molecular weight excluding hydrogens is 388 g/mol. The van der Waals surface area contributed by atoms with Crippen LogP contribution in [0.25, 0.3) is 0 Å². The van der Waals surface area contributed by atoms with Crippen LogP contribution in [-0.2, 0) is 19.5 Å². The summed E-state index contributed by atoms with van der Waals surface area (Å²) < 4.78 is 38.5. The lowest BCUT2D eigenvalue weighted by molar-refractivity contribution is -0.161. The number of hydrogen-bond acceptors (Lipinski definition) is 5. The Balaban J connectivity index is 1.75. The van der Waals surface area contributed by atoms with Crippen LogP contribution in [0, 0.1) is 0 Å². The molecule has 1 aliphatic heterocycles. The number of rotatable bonds is 10. The highest BCUT2D eigenvalue weighted by Crippen LogP contribution is 2.29. The molecule has 1 fully saturated rings. The zero-order valence-corrected chi connectivity index (χ0v) is 17.6. The number of sulfonamides is 1. The number of hydrogen-bond donors (Lipinski definition) is 2. The van der Waals surface area contributed by atoms with Crippen LogP contribution in [0.3, 0.4) is 0 Å². The van der Waals surface area contributed by atoms with Gasteiger partial charge in [0.25, 0.3) is 0 Å². The minimum atomic E-state index is -3.41. The van der Waals surface area contributed by atoms with E-state index in [1.54, 1.807) is 0 Å². The van der Waals surface area contributed by atoms with Crippen LogP contribution in [0.15, 0.2) is 60.7 Å². The Morgan fingerprint density at radius 1 is 1.00 bits per heavy atom. The second kappa shape index (κ2) is 10.8. The van der Waals surface area contributed by atoms with E-state index in [2.05, 4.69) is 10.0 Å². The van der Waals surface area contributed by atoms with Gasteiger partial charge in [-0.3, -0.25) is 0 Å². The van der Waals surface area contributed by atoms with E-state index in [-0.39, 0.29) is 12.3 Å². The lowest BCUT2D eigenvalue weighted by Gasteiger charge is -2.30. The topological polar surface area (TPSA) is 76.7 Å². The molecule has 1 heterocycles. The van der Waals surface area contributed by atoms with Crippen molar-refractivity contribution in [2.24, 2.45) is 0 Å². The maximum absolute atomic E-state index is 12.1. The first-order chi connectivity index (χ1) is 14.0. The van der Waals surface area contributed by atoms with E-state index in [1.807, 2.05) is 60.7 Å². The molecule has 1 unspecified atom stereocenters. The Hall–Kier alpha value is -1.77. The average Bonchev–Trinajstić information content (AvgIpc) is 2.74. The van der Waals surface area contributed by atoms with Gasteiger partial charge in [-0.15, -0.1) is 0 Å². The van der Waals surface area contributed by atoms with E-state index in [9.17, 15) is 8.42 Å². The molecule has 6 nitrogen and oxygen atoms in total. The number of ether oxygens (including phenoxy) is 2. The molecule has 7 heteroatoms. The molecule has 2 aromatic rings. The van der Waals surface area contributed by atoms with Crippen LogP contribution in [0.4, 0.5) is 0 Å². The molecule has 1 saturated heterocycles. The molecule has 3 rings (SSSR count). The van der Waals surface area contributed by atoms with E-state index < -0.39 is 16.1 Å². The fourth-order valence-electron chi connectivity index (χ4n) is 3.56. The first-order valence-electron chi connectivity index (χ1n) is 10.1. The maximum Gasteiger partial charge on any atom is 0.209 e. The summed E-state index contributed by atoms with van der Waals surface area (Å²) in [6, 6.07) is 18.8. The lowest BCUT2D eigenvalue weighted by atomic mass is 9.94. The van der Waals surface area contributed by atoms with Crippen molar-refractivity contribution in [3.63, 3.8) is 0 Å². The molecule has 0 aliphatic carbocycles. The van der Waals surface area contributed by atoms with Gasteiger partial charge in [0.1, 0.15) is 0 Å². The van der Waals surface area contributed by atoms with Crippen molar-refractivity contribution in [2.45, 2.75) is 37.6 Å². The van der Waals surface area contributed by atoms with E-state index >= 15 is 0 Å². The van der Waals surface area contributed by atoms with Crippen LogP contribution < -0.4 is 10.0 Å². The van der Waals surface area contributed by atoms with Gasteiger partial charge in [0, 0.05) is 13.2 Å². The van der Waals surface area contributed by atoms with Gasteiger partial charge in [-0.2, -0.15) is 0 Å². The Morgan fingerprint density at radius 2 is 1.62 bits per heavy atom. The highest BCUT2D eigenvalue weighted by molar-refractivity contribution is 7.88. The predicted molar refractivity (Wildman–Crippen MR) is 114 cm³/mol. The van der Waals surface area contributed by atoms with Gasteiger partial charge >= 0.3 is 0 Å². The van der Waals surface area contributed by atoms with Gasteiger partial charge < -0.3 is 14.8 Å². The van der Waals surface area contributed by atoms with Crippen LogP contribution in [0.2, 0.25) is 0 Å². The number of nitrogens with one attached hydrogen (secondary N) is 2. The smallest absolute Gasteiger partial charge is 0.209 e. The SMILES string of the molecule is CS(=O)(=O)N[C@@H](c1ccccc1)[C@H](NCCOC1CCCCO1)c1ccccc1. The van der Waals surface area contributed by atoms with Crippen molar-refractivity contribution in [3.05, 3.63) is 71.8 Å². The van der Waals surface area contributed by atoms with E-state index in [1.165, 1.54) is 6.26 Å². The summed E-state index contributed by atoms with van der Waals surface area (Å²) >= 11 is 0. The first-order valence-corrected chi connectivity index (χ1v) is 12.0. The molecular formula is C22H30N2O4S. The largest absolute Gasteiger partial charge is 0.353 e. The van der Waals surface area contributed by atoms with Crippen molar-refractivity contribution in [1.29, 1.82) is 0 Å². The Labute approximate surface area is 173 Å². The second-order valence-corrected chi connectivity index (χ2v) is 9.07. The quantitative estimate of drug-likeness (QED) is 0.580. The summed E-state index contributed by atoms with van der Waals surface area (Å²) in [5.41, 5.74) is 1.90. The molecule has 2 N–H and O–H groups in total. The minimum absolute atomic E-state index is 0.139. The predicted octanol–water partition coefficient (Wildman–Crippen LogP) is 3.15. The van der Waals surface area contributed by atoms with Crippen LogP contribution in [0.1, 0.15) is 42.5 Å². The molecule has 0 saturated carbocycles. The van der Waals surface area contributed by atoms with Crippen molar-refractivity contribution in [3.8, 4) is 0 Å². The molecule has 29 heavy (non-hydrogen) atoms. The monoisotopic (exact) mass is 418 g/mol. The highest BCUT2D eigenvalue weighted by atomic mass is 32.2. The van der Waals surface area contributed by atoms with Gasteiger partial charge in [-0.05, 0) is 30.4 Å². The van der Waals surface area contributed by atoms with E-state index in [0.29, 0.717) is 13.2 Å². The minimum Gasteiger partial charge on any atom is -0.353 e. The van der Waals surface area contributed by atoms with Crippen molar-refractivity contribution >= 4 is 10.0 Å². The highest BCUT2D eigenvalue weighted by Gasteiger charge is 2.27. The van der Waals surface area contributed by atoms with Crippen molar-refractivity contribution in [1.82, 2.24) is 10.0 Å². The summed E-state index contributed by atoms with van der Waals surface area (Å²) in [6.45, 7) is 1.82. The molecule has 0 aromatic heterocycles. The normalized spacial score (nSPS) is 19.6. The van der Waals surface area contributed by atoms with Gasteiger partial charge in [0.2, 0.25) is 10.0 Å². The third kappa shape index (κ3) is 7.21. The van der Waals surface area contributed by atoms with Gasteiger partial charge in [0.05, 0.1) is 24.9 Å². The third-order valence-corrected chi connectivity index (χ3v) is 5.58. The second-order valence-electron chi connectivity index (χ2n) is 7.29. The maximum atomic E-state index is 12.1. The van der Waals surface area contributed by atoms with Gasteiger partial charge in [0.15, 0.2) is 6.29 Å². The van der Waals surface area contributed by atoms with Crippen molar-refractivity contribution in [2.75, 3.05) is 26.0 Å². The van der Waals surface area contributed by atoms with Crippen LogP contribution >= 0.6 is 0 Å². The molecule has 0 bridgehead atoms. The molecule has 158 valence electrons. The molecule has 0 amide bonds. The van der Waals surface area contributed by atoms with E-state index in [4.69, 9.17) is 9.47 Å². The summed E-state index contributed by atoms with van der Waals surface area (Å²) in [5, 5.41) is 3.49. The standard InChI is InChI=1S/C22H30N2O4S/c1-29(25,26)24-22(19-12-6-3-7-13-19)21(18-10-4-2-5-11-18)23-15-17-28-20-14-8-9-16-27-20/h2-7,10-13,20-24H,8-9,14-17H2,1H3/t20?,21-,22+/m1/s1. The summed E-state index contributed by atoms with van der Waals surface area (Å²) in [4.78, 5) is 0. The fourth-order valence-corrected chi connectivity index (χ4v) is 4.29. The lowest BCUT2D eigenvalue weighted by Crippen LogP contribution is -2.39.